The zero-order chi connectivity index (χ0) is 12.3. The fourth-order valence-corrected chi connectivity index (χ4v) is 1.87. The van der Waals surface area contributed by atoms with Gasteiger partial charge in [0.05, 0.1) is 0 Å². The molecule has 0 saturated heterocycles. The average Bonchev–Trinajstić information content (AvgIpc) is 2.27. The van der Waals surface area contributed by atoms with Crippen LogP contribution in [0.5, 0.6) is 0 Å². The monoisotopic (exact) mass is 348 g/mol. The molecule has 1 aromatic carbocycles. The first kappa shape index (κ1) is 13.4. The lowest BCUT2D eigenvalue weighted by atomic mass is 10.1. The first-order valence-electron chi connectivity index (χ1n) is 4.55. The summed E-state index contributed by atoms with van der Waals surface area (Å²) in [5, 5.41) is 8.76. The number of carbonyl (C=O) groups is 2. The van der Waals surface area contributed by atoms with Gasteiger partial charge in [-0.1, -0.05) is 61.7 Å². The van der Waals surface area contributed by atoms with E-state index in [0.717, 1.165) is 5.56 Å². The molecular formula is C11H10Br2O3. The molecule has 5 heteroatoms. The number of ketones is 1. The molecular weight excluding hydrogens is 340 g/mol. The lowest BCUT2D eigenvalue weighted by Crippen LogP contribution is -2.30. The van der Waals surface area contributed by atoms with Crippen LogP contribution in [0.3, 0.4) is 0 Å². The van der Waals surface area contributed by atoms with Crippen molar-refractivity contribution in [2.75, 3.05) is 0 Å². The molecule has 0 amide bonds. The second-order valence-corrected chi connectivity index (χ2v) is 5.35. The minimum Gasteiger partial charge on any atom is -0.480 e. The molecule has 0 bridgehead atoms. The fourth-order valence-electron chi connectivity index (χ4n) is 1.14. The summed E-state index contributed by atoms with van der Waals surface area (Å²) in [7, 11) is 0. The predicted molar refractivity (Wildman–Crippen MR) is 68.6 cm³/mol. The van der Waals surface area contributed by atoms with Gasteiger partial charge < -0.3 is 5.11 Å². The summed E-state index contributed by atoms with van der Waals surface area (Å²) in [4.78, 5) is 20.9. The second-order valence-electron chi connectivity index (χ2n) is 3.37. The van der Waals surface area contributed by atoms with Gasteiger partial charge in [0.25, 0.3) is 0 Å². The second kappa shape index (κ2) is 5.59. The van der Waals surface area contributed by atoms with Gasteiger partial charge in [0, 0.05) is 5.56 Å². The Hall–Kier alpha value is -0.680. The van der Waals surface area contributed by atoms with Crippen molar-refractivity contribution in [1.29, 1.82) is 0 Å². The highest BCUT2D eigenvalue weighted by atomic mass is 79.9. The van der Waals surface area contributed by atoms with Gasteiger partial charge >= 0.3 is 5.97 Å². The molecule has 0 unspecified atom stereocenters. The van der Waals surface area contributed by atoms with Crippen molar-refractivity contribution in [2.24, 2.45) is 0 Å². The topological polar surface area (TPSA) is 54.4 Å². The SMILES string of the molecule is Cc1ccc(C(=O)[C@H](Br)[C@@H](Br)C(=O)O)cc1. The average molecular weight is 350 g/mol. The van der Waals surface area contributed by atoms with Crippen LogP contribution in [0.4, 0.5) is 0 Å². The molecule has 0 aliphatic heterocycles. The van der Waals surface area contributed by atoms with Crippen LogP contribution in [-0.2, 0) is 4.79 Å². The van der Waals surface area contributed by atoms with E-state index >= 15 is 0 Å². The third kappa shape index (κ3) is 3.15. The summed E-state index contributed by atoms with van der Waals surface area (Å²) in [6, 6.07) is 7.01. The van der Waals surface area contributed by atoms with E-state index in [4.69, 9.17) is 5.11 Å². The highest BCUT2D eigenvalue weighted by Gasteiger charge is 2.29. The van der Waals surface area contributed by atoms with E-state index in [1.807, 2.05) is 19.1 Å². The van der Waals surface area contributed by atoms with Gasteiger partial charge in [0.15, 0.2) is 5.78 Å². The molecule has 1 N–H and O–H groups in total. The number of halogens is 2. The Labute approximate surface area is 110 Å². The number of aliphatic carboxylic acids is 1. The summed E-state index contributed by atoms with van der Waals surface area (Å²) in [5.41, 5.74) is 1.55. The minimum atomic E-state index is -1.07. The summed E-state index contributed by atoms with van der Waals surface area (Å²) < 4.78 is 0. The van der Waals surface area contributed by atoms with Crippen molar-refractivity contribution in [3.8, 4) is 0 Å². The molecule has 16 heavy (non-hydrogen) atoms. The van der Waals surface area contributed by atoms with Crippen molar-refractivity contribution < 1.29 is 14.7 Å². The third-order valence-electron chi connectivity index (χ3n) is 2.08. The Balaban J connectivity index is 2.86. The van der Waals surface area contributed by atoms with Crippen molar-refractivity contribution >= 4 is 43.6 Å². The molecule has 0 radical (unpaired) electrons. The van der Waals surface area contributed by atoms with Crippen LogP contribution in [0.15, 0.2) is 24.3 Å². The molecule has 0 fully saturated rings. The van der Waals surface area contributed by atoms with Crippen LogP contribution in [0.2, 0.25) is 0 Å². The van der Waals surface area contributed by atoms with Crippen molar-refractivity contribution in [2.45, 2.75) is 16.6 Å². The Morgan fingerprint density at radius 1 is 1.12 bits per heavy atom. The van der Waals surface area contributed by atoms with E-state index in [2.05, 4.69) is 31.9 Å². The molecule has 0 spiro atoms. The maximum absolute atomic E-state index is 11.9. The number of carboxylic acids is 1. The molecule has 86 valence electrons. The van der Waals surface area contributed by atoms with Crippen LogP contribution in [0.1, 0.15) is 15.9 Å². The van der Waals surface area contributed by atoms with Gasteiger partial charge in [-0.3, -0.25) is 9.59 Å². The summed E-state index contributed by atoms with van der Waals surface area (Å²) >= 11 is 6.04. The van der Waals surface area contributed by atoms with Gasteiger partial charge in [-0.25, -0.2) is 0 Å². The first-order chi connectivity index (χ1) is 7.43. The van der Waals surface area contributed by atoms with E-state index in [-0.39, 0.29) is 5.78 Å². The molecule has 0 heterocycles. The van der Waals surface area contributed by atoms with E-state index in [1.165, 1.54) is 0 Å². The summed E-state index contributed by atoms with van der Waals surface area (Å²) in [5.74, 6) is -1.31. The van der Waals surface area contributed by atoms with Gasteiger partial charge in [0.2, 0.25) is 0 Å². The van der Waals surface area contributed by atoms with Gasteiger partial charge in [-0.2, -0.15) is 0 Å². The lowest BCUT2D eigenvalue weighted by molar-refractivity contribution is -0.136. The Kier molecular flexibility index (Phi) is 4.68. The minimum absolute atomic E-state index is 0.246. The van der Waals surface area contributed by atoms with Crippen LogP contribution in [0.25, 0.3) is 0 Å². The van der Waals surface area contributed by atoms with Crippen LogP contribution in [0, 0.1) is 6.92 Å². The zero-order valence-electron chi connectivity index (χ0n) is 8.48. The number of benzene rings is 1. The smallest absolute Gasteiger partial charge is 0.318 e. The first-order valence-corrected chi connectivity index (χ1v) is 6.38. The number of Topliss-reactive ketones (excluding diaryl/α,β-unsaturated/α-hetero) is 1. The normalized spacial score (nSPS) is 14.2. The maximum atomic E-state index is 11.9. The molecule has 0 aromatic heterocycles. The highest BCUT2D eigenvalue weighted by molar-refractivity contribution is 9.12. The highest BCUT2D eigenvalue weighted by Crippen LogP contribution is 2.20. The lowest BCUT2D eigenvalue weighted by Gasteiger charge is -2.11. The van der Waals surface area contributed by atoms with Gasteiger partial charge in [-0.05, 0) is 6.92 Å². The Bertz CT molecular complexity index is 400. The molecule has 2 atom stereocenters. The molecule has 0 aliphatic rings. The van der Waals surface area contributed by atoms with E-state index in [9.17, 15) is 9.59 Å². The number of carboxylic acid groups (broad SMARTS) is 1. The molecule has 1 aromatic rings. The van der Waals surface area contributed by atoms with E-state index < -0.39 is 15.6 Å². The number of aryl methyl sites for hydroxylation is 1. The number of rotatable bonds is 4. The number of hydrogen-bond donors (Lipinski definition) is 1. The quantitative estimate of drug-likeness (QED) is 0.671. The standard InChI is InChI=1S/C11H10Br2O3/c1-6-2-4-7(5-3-6)10(14)8(12)9(13)11(15)16/h2-5,8-9H,1H3,(H,15,16)/t8-,9-/m1/s1. The third-order valence-corrected chi connectivity index (χ3v) is 4.65. The summed E-state index contributed by atoms with van der Waals surface area (Å²) in [6.45, 7) is 1.92. The Morgan fingerprint density at radius 2 is 1.62 bits per heavy atom. The largest absolute Gasteiger partial charge is 0.480 e. The molecule has 3 nitrogen and oxygen atoms in total. The zero-order valence-corrected chi connectivity index (χ0v) is 11.7. The van der Waals surface area contributed by atoms with E-state index in [1.54, 1.807) is 12.1 Å². The number of carbonyl (C=O) groups excluding carboxylic acids is 1. The van der Waals surface area contributed by atoms with Crippen molar-refractivity contribution in [3.63, 3.8) is 0 Å². The molecule has 0 aliphatic carbocycles. The number of alkyl halides is 2. The number of hydrogen-bond acceptors (Lipinski definition) is 2. The molecule has 1 rings (SSSR count). The fraction of sp³-hybridized carbons (Fsp3) is 0.273. The van der Waals surface area contributed by atoms with Crippen LogP contribution in [-0.4, -0.2) is 26.5 Å². The van der Waals surface area contributed by atoms with Crippen molar-refractivity contribution in [3.05, 3.63) is 35.4 Å². The van der Waals surface area contributed by atoms with E-state index in [0.29, 0.717) is 5.56 Å². The van der Waals surface area contributed by atoms with Crippen molar-refractivity contribution in [1.82, 2.24) is 0 Å². The van der Waals surface area contributed by atoms with Gasteiger partial charge in [0.1, 0.15) is 9.65 Å². The molecule has 0 saturated carbocycles. The summed E-state index contributed by atoms with van der Waals surface area (Å²) in [6.07, 6.45) is 0. The maximum Gasteiger partial charge on any atom is 0.318 e. The predicted octanol–water partition coefficient (Wildman–Crippen LogP) is 2.79. The van der Waals surface area contributed by atoms with Crippen LogP contribution < -0.4 is 0 Å². The van der Waals surface area contributed by atoms with Crippen LogP contribution >= 0.6 is 31.9 Å². The van der Waals surface area contributed by atoms with Gasteiger partial charge in [-0.15, -0.1) is 0 Å². The Morgan fingerprint density at radius 3 is 2.06 bits per heavy atom.